The van der Waals surface area contributed by atoms with E-state index in [1.165, 1.54) is 0 Å². The molecule has 27 heavy (non-hydrogen) atoms. The van der Waals surface area contributed by atoms with Gasteiger partial charge in [-0.05, 0) is 55.0 Å². The Labute approximate surface area is 156 Å². The van der Waals surface area contributed by atoms with Crippen LogP contribution >= 0.6 is 0 Å². The number of rotatable bonds is 3. The number of nitrogens with zero attached hydrogens (tertiary/aromatic N) is 4. The van der Waals surface area contributed by atoms with Crippen LogP contribution in [0.5, 0.6) is 5.75 Å². The lowest BCUT2D eigenvalue weighted by Crippen LogP contribution is -2.38. The molecule has 0 radical (unpaired) electrons. The predicted molar refractivity (Wildman–Crippen MR) is 101 cm³/mol. The third-order valence-electron chi connectivity index (χ3n) is 4.64. The minimum atomic E-state index is -0.189. The highest BCUT2D eigenvalue weighted by molar-refractivity contribution is 6.07. The smallest absolute Gasteiger partial charge is 0.277 e. The van der Waals surface area contributed by atoms with Gasteiger partial charge in [-0.2, -0.15) is 10.4 Å². The number of hydrogen-bond donors (Lipinski definition) is 1. The maximum atomic E-state index is 13.2. The number of carbonyl (C=O) groups excluding carboxylic acids is 1. The summed E-state index contributed by atoms with van der Waals surface area (Å²) in [5.74, 6) is 0.515. The van der Waals surface area contributed by atoms with Crippen molar-refractivity contribution in [1.29, 1.82) is 5.26 Å². The van der Waals surface area contributed by atoms with Gasteiger partial charge in [0.05, 0.1) is 12.8 Å². The minimum Gasteiger partial charge on any atom is -0.497 e. The number of carbonyl (C=O) groups is 1. The van der Waals surface area contributed by atoms with Crippen molar-refractivity contribution in [3.8, 4) is 17.5 Å². The SMILES string of the molecule is COc1ccc(-n2nc(C#N)c3c2C(=O)N(c2ccc(N)cc2)CC3)cc1. The van der Waals surface area contributed by atoms with Crippen LogP contribution in [0.2, 0.25) is 0 Å². The Balaban J connectivity index is 1.81. The zero-order valence-electron chi connectivity index (χ0n) is 14.7. The third kappa shape index (κ3) is 2.77. The van der Waals surface area contributed by atoms with E-state index in [0.717, 1.165) is 5.69 Å². The molecule has 1 aliphatic rings. The number of anilines is 2. The largest absolute Gasteiger partial charge is 0.497 e. The Hall–Kier alpha value is -3.79. The maximum absolute atomic E-state index is 13.2. The van der Waals surface area contributed by atoms with E-state index in [4.69, 9.17) is 10.5 Å². The summed E-state index contributed by atoms with van der Waals surface area (Å²) in [4.78, 5) is 14.9. The molecule has 7 nitrogen and oxygen atoms in total. The van der Waals surface area contributed by atoms with Gasteiger partial charge < -0.3 is 15.4 Å². The van der Waals surface area contributed by atoms with E-state index in [9.17, 15) is 10.1 Å². The van der Waals surface area contributed by atoms with Crippen LogP contribution in [0.3, 0.4) is 0 Å². The summed E-state index contributed by atoms with van der Waals surface area (Å²) in [6.45, 7) is 0.485. The van der Waals surface area contributed by atoms with E-state index < -0.39 is 0 Å². The number of nitriles is 1. The number of fused-ring (bicyclic) bond motifs is 1. The number of benzene rings is 2. The van der Waals surface area contributed by atoms with Gasteiger partial charge in [0, 0.05) is 23.5 Å². The molecule has 0 bridgehead atoms. The summed E-state index contributed by atoms with van der Waals surface area (Å²) in [6.07, 6.45) is 0.560. The summed E-state index contributed by atoms with van der Waals surface area (Å²) < 4.78 is 6.72. The first-order chi connectivity index (χ1) is 13.1. The van der Waals surface area contributed by atoms with Gasteiger partial charge in [-0.25, -0.2) is 4.68 Å². The fraction of sp³-hybridized carbons (Fsp3) is 0.150. The summed E-state index contributed by atoms with van der Waals surface area (Å²) >= 11 is 0. The number of aromatic nitrogens is 2. The lowest BCUT2D eigenvalue weighted by Gasteiger charge is -2.27. The Morgan fingerprint density at radius 3 is 2.41 bits per heavy atom. The van der Waals surface area contributed by atoms with Crippen molar-refractivity contribution in [2.75, 3.05) is 24.3 Å². The standard InChI is InChI=1S/C20H17N5O2/c1-27-16-8-6-15(7-9-16)25-19-17(18(12-21)23-25)10-11-24(20(19)26)14-4-2-13(22)3-5-14/h2-9H,10-11,22H2,1H3. The van der Waals surface area contributed by atoms with Crippen LogP contribution in [0.15, 0.2) is 48.5 Å². The van der Waals surface area contributed by atoms with Gasteiger partial charge in [0.25, 0.3) is 5.91 Å². The first-order valence-corrected chi connectivity index (χ1v) is 8.46. The summed E-state index contributed by atoms with van der Waals surface area (Å²) in [7, 11) is 1.59. The van der Waals surface area contributed by atoms with Gasteiger partial charge in [0.15, 0.2) is 5.69 Å². The predicted octanol–water partition coefficient (Wildman–Crippen LogP) is 2.54. The monoisotopic (exact) mass is 359 g/mol. The van der Waals surface area contributed by atoms with Crippen molar-refractivity contribution in [3.63, 3.8) is 0 Å². The summed E-state index contributed by atoms with van der Waals surface area (Å²) in [5, 5.41) is 13.8. The van der Waals surface area contributed by atoms with Crippen molar-refractivity contribution in [2.45, 2.75) is 6.42 Å². The molecule has 1 aromatic heterocycles. The first-order valence-electron chi connectivity index (χ1n) is 8.46. The number of methoxy groups -OCH3 is 1. The zero-order chi connectivity index (χ0) is 19.0. The summed E-state index contributed by atoms with van der Waals surface area (Å²) in [6, 6.07) is 16.5. The fourth-order valence-corrected chi connectivity index (χ4v) is 3.26. The Morgan fingerprint density at radius 1 is 1.11 bits per heavy atom. The van der Waals surface area contributed by atoms with E-state index >= 15 is 0 Å². The molecule has 2 heterocycles. The Kier molecular flexibility index (Phi) is 4.01. The molecule has 1 aliphatic heterocycles. The van der Waals surface area contributed by atoms with Crippen LogP contribution in [0.4, 0.5) is 11.4 Å². The molecule has 0 saturated heterocycles. The highest BCUT2D eigenvalue weighted by atomic mass is 16.5. The van der Waals surface area contributed by atoms with Crippen LogP contribution < -0.4 is 15.4 Å². The molecule has 0 unspecified atom stereocenters. The molecule has 0 aliphatic carbocycles. The molecule has 7 heteroatoms. The molecular weight excluding hydrogens is 342 g/mol. The second kappa shape index (κ2) is 6.50. The number of amides is 1. The molecule has 0 atom stereocenters. The van der Waals surface area contributed by atoms with Crippen molar-refractivity contribution in [2.24, 2.45) is 0 Å². The number of nitrogens with two attached hydrogens (primary N) is 1. The number of hydrogen-bond acceptors (Lipinski definition) is 5. The van der Waals surface area contributed by atoms with Crippen molar-refractivity contribution < 1.29 is 9.53 Å². The van der Waals surface area contributed by atoms with Crippen LogP contribution in [0.25, 0.3) is 5.69 Å². The second-order valence-electron chi connectivity index (χ2n) is 6.20. The molecule has 2 N–H and O–H groups in total. The van der Waals surface area contributed by atoms with Crippen LogP contribution in [0.1, 0.15) is 21.7 Å². The van der Waals surface area contributed by atoms with E-state index in [0.29, 0.717) is 41.3 Å². The van der Waals surface area contributed by atoms with Gasteiger partial charge in [-0.3, -0.25) is 4.79 Å². The highest BCUT2D eigenvalue weighted by Crippen LogP contribution is 2.29. The average Bonchev–Trinajstić information content (AvgIpc) is 3.09. The topological polar surface area (TPSA) is 97.2 Å². The molecule has 0 fully saturated rings. The van der Waals surface area contributed by atoms with Gasteiger partial charge in [-0.15, -0.1) is 0 Å². The van der Waals surface area contributed by atoms with Gasteiger partial charge in [0.1, 0.15) is 17.5 Å². The van der Waals surface area contributed by atoms with Crippen LogP contribution in [-0.4, -0.2) is 29.3 Å². The van der Waals surface area contributed by atoms with E-state index in [1.807, 2.05) is 24.3 Å². The fourth-order valence-electron chi connectivity index (χ4n) is 3.26. The second-order valence-corrected chi connectivity index (χ2v) is 6.20. The Bertz CT molecular complexity index is 1050. The minimum absolute atomic E-state index is 0.189. The van der Waals surface area contributed by atoms with E-state index in [-0.39, 0.29) is 11.6 Å². The molecule has 2 aromatic carbocycles. The molecule has 0 spiro atoms. The quantitative estimate of drug-likeness (QED) is 0.725. The van der Waals surface area contributed by atoms with Crippen LogP contribution in [0, 0.1) is 11.3 Å². The van der Waals surface area contributed by atoms with Crippen molar-refractivity contribution in [3.05, 3.63) is 65.5 Å². The normalized spacial score (nSPS) is 13.2. The molecule has 0 saturated carbocycles. The molecule has 3 aromatic rings. The molecule has 134 valence electrons. The lowest BCUT2D eigenvalue weighted by atomic mass is 10.0. The lowest BCUT2D eigenvalue weighted by molar-refractivity contribution is 0.0973. The van der Waals surface area contributed by atoms with Gasteiger partial charge >= 0.3 is 0 Å². The van der Waals surface area contributed by atoms with Crippen LogP contribution in [-0.2, 0) is 6.42 Å². The van der Waals surface area contributed by atoms with Gasteiger partial charge in [-0.1, -0.05) is 0 Å². The van der Waals surface area contributed by atoms with E-state index in [1.54, 1.807) is 41.0 Å². The van der Waals surface area contributed by atoms with Crippen molar-refractivity contribution >= 4 is 17.3 Å². The molecular formula is C20H17N5O2. The van der Waals surface area contributed by atoms with Crippen molar-refractivity contribution in [1.82, 2.24) is 9.78 Å². The number of nitrogen functional groups attached to an aromatic ring is 1. The maximum Gasteiger partial charge on any atom is 0.277 e. The molecule has 4 rings (SSSR count). The third-order valence-corrected chi connectivity index (χ3v) is 4.64. The first kappa shape index (κ1) is 16.7. The number of ether oxygens (including phenoxy) is 1. The average molecular weight is 359 g/mol. The Morgan fingerprint density at radius 2 is 1.78 bits per heavy atom. The highest BCUT2D eigenvalue weighted by Gasteiger charge is 2.33. The van der Waals surface area contributed by atoms with Gasteiger partial charge in [0.2, 0.25) is 0 Å². The summed E-state index contributed by atoms with van der Waals surface area (Å²) in [5.41, 5.74) is 9.23. The van der Waals surface area contributed by atoms with E-state index in [2.05, 4.69) is 11.2 Å². The zero-order valence-corrected chi connectivity index (χ0v) is 14.7. The molecule has 1 amide bonds.